The summed E-state index contributed by atoms with van der Waals surface area (Å²) < 4.78 is 0. The molecule has 2 aromatic carbocycles. The maximum atomic E-state index is 12.4. The van der Waals surface area contributed by atoms with Gasteiger partial charge in [-0.2, -0.15) is 10.5 Å². The Labute approximate surface area is 300 Å². The fraction of sp³-hybridized carbons (Fsp3) is 0.273. The summed E-state index contributed by atoms with van der Waals surface area (Å²) in [6, 6.07) is 18.0. The van der Waals surface area contributed by atoms with Crippen LogP contribution in [0.2, 0.25) is 10.0 Å². The van der Waals surface area contributed by atoms with Gasteiger partial charge in [-0.05, 0) is 24.6 Å². The summed E-state index contributed by atoms with van der Waals surface area (Å²) in [6.07, 6.45) is -0.214. The number of carboxylic acids is 2. The van der Waals surface area contributed by atoms with Gasteiger partial charge in [-0.1, -0.05) is 104 Å². The Balaban J connectivity index is 0.000000266. The fourth-order valence-electron chi connectivity index (χ4n) is 4.09. The molecule has 4 aromatic rings. The van der Waals surface area contributed by atoms with Crippen LogP contribution in [-0.4, -0.2) is 43.9 Å². The van der Waals surface area contributed by atoms with Gasteiger partial charge in [0.2, 0.25) is 11.8 Å². The van der Waals surface area contributed by atoms with Gasteiger partial charge in [0.25, 0.3) is 0 Å². The van der Waals surface area contributed by atoms with Gasteiger partial charge in [-0.25, -0.2) is 9.97 Å². The lowest BCUT2D eigenvalue weighted by molar-refractivity contribution is -0.142. The summed E-state index contributed by atoms with van der Waals surface area (Å²) in [6.45, 7) is 6.40. The van der Waals surface area contributed by atoms with Crippen LogP contribution in [-0.2, 0) is 19.2 Å². The molecule has 0 spiro atoms. The Morgan fingerprint density at radius 3 is 1.88 bits per heavy atom. The smallest absolute Gasteiger partial charge is 0.304 e. The quantitative estimate of drug-likeness (QED) is 0.117. The normalized spacial score (nSPS) is 10.9. The molecule has 49 heavy (non-hydrogen) atoms. The molecule has 0 unspecified atom stereocenters. The number of aliphatic carboxylic acids is 2. The minimum absolute atomic E-state index is 0.102. The van der Waals surface area contributed by atoms with Crippen LogP contribution in [0.4, 0.5) is 10.3 Å². The second kappa shape index (κ2) is 16.5. The summed E-state index contributed by atoms with van der Waals surface area (Å²) >= 11 is 14.2. The molecule has 2 heterocycles. The zero-order valence-electron chi connectivity index (χ0n) is 26.6. The van der Waals surface area contributed by atoms with Crippen LogP contribution in [0.25, 0.3) is 22.5 Å². The van der Waals surface area contributed by atoms with E-state index in [2.05, 4.69) is 26.7 Å². The van der Waals surface area contributed by atoms with E-state index in [1.807, 2.05) is 6.07 Å². The van der Waals surface area contributed by atoms with Gasteiger partial charge in [0.15, 0.2) is 10.3 Å². The molecule has 4 rings (SSSR count). The number of rotatable bonds is 11. The number of carbonyl (C=O) groups is 4. The average molecular weight is 742 g/mol. The van der Waals surface area contributed by atoms with E-state index in [-0.39, 0.29) is 30.3 Å². The van der Waals surface area contributed by atoms with Crippen LogP contribution in [0.15, 0.2) is 48.5 Å². The Morgan fingerprint density at radius 2 is 1.35 bits per heavy atom. The van der Waals surface area contributed by atoms with Crippen molar-refractivity contribution < 1.29 is 29.4 Å². The molecule has 254 valence electrons. The van der Waals surface area contributed by atoms with Gasteiger partial charge in [-0.15, -0.1) is 0 Å². The molecule has 4 N–H and O–H groups in total. The van der Waals surface area contributed by atoms with Crippen LogP contribution >= 0.6 is 45.9 Å². The van der Waals surface area contributed by atoms with Crippen molar-refractivity contribution in [2.45, 2.75) is 47.0 Å². The predicted molar refractivity (Wildman–Crippen MR) is 188 cm³/mol. The molecule has 0 fully saturated rings. The van der Waals surface area contributed by atoms with Crippen molar-refractivity contribution in [2.24, 2.45) is 10.8 Å². The molecular formula is C33H30Cl2N6O6S2. The van der Waals surface area contributed by atoms with Gasteiger partial charge in [0.1, 0.15) is 33.3 Å². The third-order valence-corrected chi connectivity index (χ3v) is 9.23. The number of nitrogens with one attached hydrogen (secondary N) is 2. The average Bonchev–Trinajstić information content (AvgIpc) is 3.63. The lowest BCUT2D eigenvalue weighted by atomic mass is 9.87. The number of carboxylic acid groups (broad SMARTS) is 2. The Kier molecular flexibility index (Phi) is 13.0. The van der Waals surface area contributed by atoms with Crippen LogP contribution in [0, 0.1) is 33.5 Å². The van der Waals surface area contributed by atoms with Crippen molar-refractivity contribution in [2.75, 3.05) is 10.6 Å². The van der Waals surface area contributed by atoms with E-state index in [4.69, 9.17) is 33.4 Å². The van der Waals surface area contributed by atoms with Crippen LogP contribution in [0.5, 0.6) is 0 Å². The molecule has 0 atom stereocenters. The van der Waals surface area contributed by atoms with Crippen molar-refractivity contribution >= 4 is 79.9 Å². The lowest BCUT2D eigenvalue weighted by Gasteiger charge is -2.21. The maximum Gasteiger partial charge on any atom is 0.304 e. The number of nitriles is 2. The molecule has 0 bridgehead atoms. The number of hydrogen-bond donors (Lipinski definition) is 4. The van der Waals surface area contributed by atoms with Gasteiger partial charge in [0, 0.05) is 28.0 Å². The zero-order valence-corrected chi connectivity index (χ0v) is 29.8. The second-order valence-electron chi connectivity index (χ2n) is 11.7. The number of carbonyl (C=O) groups excluding carboxylic acids is 2. The van der Waals surface area contributed by atoms with E-state index in [0.29, 0.717) is 47.4 Å². The first-order valence-corrected chi connectivity index (χ1v) is 16.8. The van der Waals surface area contributed by atoms with E-state index in [9.17, 15) is 29.7 Å². The van der Waals surface area contributed by atoms with E-state index < -0.39 is 28.7 Å². The van der Waals surface area contributed by atoms with Crippen LogP contribution in [0.3, 0.4) is 0 Å². The van der Waals surface area contributed by atoms with Crippen molar-refractivity contribution in [3.8, 4) is 34.7 Å². The molecule has 0 aliphatic rings. The number of nitrogens with zero attached hydrogens (tertiary/aromatic N) is 4. The molecule has 0 saturated heterocycles. The van der Waals surface area contributed by atoms with Crippen molar-refractivity contribution in [1.82, 2.24) is 9.97 Å². The van der Waals surface area contributed by atoms with E-state index in [1.165, 1.54) is 13.8 Å². The standard InChI is InChI=1S/C17H16ClN3O3S.C16H14ClN3O3S/c1-17(2,7-6-13(22)23)15(24)21-16-20-14(12(9-19)25-16)10-4-3-5-11(18)8-10;1-16(2,7-12(21)22)14(23)20-15-19-13(11(8-18)24-15)9-5-3-4-6-10(9)17/h3-5,8H,6-7H2,1-2H3,(H,22,23)(H,20,21,24);3-6H,7H2,1-2H3,(H,21,22)(H,19,20,23). The van der Waals surface area contributed by atoms with Crippen molar-refractivity contribution in [3.05, 3.63) is 68.3 Å². The summed E-state index contributed by atoms with van der Waals surface area (Å²) in [5.41, 5.74) is 0.151. The SMILES string of the molecule is CC(C)(CC(=O)O)C(=O)Nc1nc(-c2ccccc2Cl)c(C#N)s1.CC(C)(CCC(=O)O)C(=O)Nc1nc(-c2cccc(Cl)c2)c(C#N)s1. The first kappa shape index (κ1) is 38.6. The van der Waals surface area contributed by atoms with Gasteiger partial charge in [-0.3, -0.25) is 19.2 Å². The molecule has 0 aliphatic carbocycles. The Morgan fingerprint density at radius 1 is 0.796 bits per heavy atom. The predicted octanol–water partition coefficient (Wildman–Crippen LogP) is 7.94. The second-order valence-corrected chi connectivity index (χ2v) is 14.6. The maximum absolute atomic E-state index is 12.4. The zero-order chi connectivity index (χ0) is 36.5. The summed E-state index contributed by atoms with van der Waals surface area (Å²) in [5.74, 6) is -2.84. The highest BCUT2D eigenvalue weighted by Gasteiger charge is 2.32. The van der Waals surface area contributed by atoms with Crippen molar-refractivity contribution in [1.29, 1.82) is 10.5 Å². The number of amides is 2. The number of aromatic nitrogens is 2. The fourth-order valence-corrected chi connectivity index (χ4v) is 6.06. The molecule has 12 nitrogen and oxygen atoms in total. The minimum atomic E-state index is -1.10. The van der Waals surface area contributed by atoms with E-state index >= 15 is 0 Å². The number of thiazole rings is 2. The van der Waals surface area contributed by atoms with Crippen LogP contribution in [0.1, 0.15) is 56.7 Å². The highest BCUT2D eigenvalue weighted by molar-refractivity contribution is 7.17. The van der Waals surface area contributed by atoms with E-state index in [1.54, 1.807) is 62.4 Å². The number of halogens is 2. The monoisotopic (exact) mass is 740 g/mol. The highest BCUT2D eigenvalue weighted by Crippen LogP contribution is 2.36. The minimum Gasteiger partial charge on any atom is -0.481 e. The molecule has 2 aromatic heterocycles. The molecular weight excluding hydrogens is 711 g/mol. The Hall–Kier alpha value is -4.86. The number of benzene rings is 2. The third kappa shape index (κ3) is 10.6. The first-order valence-electron chi connectivity index (χ1n) is 14.4. The lowest BCUT2D eigenvalue weighted by Crippen LogP contribution is -2.32. The van der Waals surface area contributed by atoms with Crippen LogP contribution < -0.4 is 10.6 Å². The topological polar surface area (TPSA) is 206 Å². The molecule has 0 aliphatic heterocycles. The third-order valence-electron chi connectivity index (χ3n) is 6.91. The molecule has 2 amide bonds. The first-order chi connectivity index (χ1) is 23.0. The highest BCUT2D eigenvalue weighted by atomic mass is 35.5. The van der Waals surface area contributed by atoms with E-state index in [0.717, 1.165) is 22.7 Å². The molecule has 0 radical (unpaired) electrons. The number of hydrogen-bond acceptors (Lipinski definition) is 10. The van der Waals surface area contributed by atoms with Crippen molar-refractivity contribution in [3.63, 3.8) is 0 Å². The van der Waals surface area contributed by atoms with Gasteiger partial charge >= 0.3 is 11.9 Å². The largest absolute Gasteiger partial charge is 0.481 e. The van der Waals surface area contributed by atoms with Gasteiger partial charge in [0.05, 0.1) is 16.9 Å². The summed E-state index contributed by atoms with van der Waals surface area (Å²) in [5, 5.41) is 43.0. The van der Waals surface area contributed by atoms with Gasteiger partial charge < -0.3 is 20.8 Å². The molecule has 0 saturated carbocycles. The molecule has 16 heteroatoms. The Bertz CT molecular complexity index is 1980. The number of anilines is 2. The summed E-state index contributed by atoms with van der Waals surface area (Å²) in [4.78, 5) is 55.5. The summed E-state index contributed by atoms with van der Waals surface area (Å²) in [7, 11) is 0.